The fourth-order valence-corrected chi connectivity index (χ4v) is 2.21. The summed E-state index contributed by atoms with van der Waals surface area (Å²) < 4.78 is 24.9. The predicted octanol–water partition coefficient (Wildman–Crippen LogP) is 3.44. The van der Waals surface area contributed by atoms with Crippen LogP contribution >= 0.6 is 11.6 Å². The zero-order valence-electron chi connectivity index (χ0n) is 12.2. The third-order valence-corrected chi connectivity index (χ3v) is 3.24. The molecule has 0 atom stereocenters. The highest BCUT2D eigenvalue weighted by Crippen LogP contribution is 2.25. The van der Waals surface area contributed by atoms with Gasteiger partial charge in [0.1, 0.15) is 5.82 Å². The zero-order valence-corrected chi connectivity index (χ0v) is 13.0. The standard InChI is InChI=1S/C15H23ClFNO2/c1-3-19-10-8-18(9-11-20-4-2)15-13(12-16)6-5-7-14(15)17/h5-7H,3-4,8-12H2,1-2H3. The Kier molecular flexibility index (Phi) is 8.58. The van der Waals surface area contributed by atoms with Crippen molar-refractivity contribution in [3.8, 4) is 0 Å². The van der Waals surface area contributed by atoms with Crippen LogP contribution in [0.1, 0.15) is 19.4 Å². The molecule has 0 radical (unpaired) electrons. The van der Waals surface area contributed by atoms with Gasteiger partial charge in [0, 0.05) is 32.2 Å². The van der Waals surface area contributed by atoms with Gasteiger partial charge in [-0.15, -0.1) is 11.6 Å². The third kappa shape index (κ3) is 5.27. The smallest absolute Gasteiger partial charge is 0.146 e. The molecule has 0 N–H and O–H groups in total. The van der Waals surface area contributed by atoms with Crippen molar-refractivity contribution in [2.45, 2.75) is 19.7 Å². The van der Waals surface area contributed by atoms with Crippen LogP contribution in [-0.4, -0.2) is 39.5 Å². The maximum absolute atomic E-state index is 14.1. The first-order valence-corrected chi connectivity index (χ1v) is 7.51. The molecule has 114 valence electrons. The number of ether oxygens (including phenoxy) is 2. The Morgan fingerprint density at radius 2 is 1.70 bits per heavy atom. The lowest BCUT2D eigenvalue weighted by Gasteiger charge is -2.27. The number of anilines is 1. The normalized spacial score (nSPS) is 10.8. The fraction of sp³-hybridized carbons (Fsp3) is 0.600. The van der Waals surface area contributed by atoms with Gasteiger partial charge in [0.25, 0.3) is 0 Å². The lowest BCUT2D eigenvalue weighted by Crippen LogP contribution is -2.32. The summed E-state index contributed by atoms with van der Waals surface area (Å²) in [6.45, 7) is 7.53. The minimum Gasteiger partial charge on any atom is -0.380 e. The second-order valence-electron chi connectivity index (χ2n) is 4.26. The van der Waals surface area contributed by atoms with E-state index in [0.29, 0.717) is 45.2 Å². The molecule has 0 unspecified atom stereocenters. The maximum atomic E-state index is 14.1. The Balaban J connectivity index is 2.84. The lowest BCUT2D eigenvalue weighted by molar-refractivity contribution is 0.141. The lowest BCUT2D eigenvalue weighted by atomic mass is 10.1. The van der Waals surface area contributed by atoms with Crippen molar-refractivity contribution in [2.75, 3.05) is 44.4 Å². The van der Waals surface area contributed by atoms with E-state index in [9.17, 15) is 4.39 Å². The summed E-state index contributed by atoms with van der Waals surface area (Å²) in [6.07, 6.45) is 0. The van der Waals surface area contributed by atoms with Gasteiger partial charge in [-0.25, -0.2) is 4.39 Å². The van der Waals surface area contributed by atoms with Crippen molar-refractivity contribution in [3.05, 3.63) is 29.6 Å². The van der Waals surface area contributed by atoms with Crippen molar-refractivity contribution >= 4 is 17.3 Å². The van der Waals surface area contributed by atoms with E-state index in [4.69, 9.17) is 21.1 Å². The molecule has 20 heavy (non-hydrogen) atoms. The largest absolute Gasteiger partial charge is 0.380 e. The number of para-hydroxylation sites is 1. The molecule has 1 aromatic rings. The summed E-state index contributed by atoms with van der Waals surface area (Å²) in [6, 6.07) is 4.99. The van der Waals surface area contributed by atoms with Crippen LogP contribution in [0.15, 0.2) is 18.2 Å². The Bertz CT molecular complexity index is 380. The second-order valence-corrected chi connectivity index (χ2v) is 4.53. The molecular weight excluding hydrogens is 281 g/mol. The summed E-state index contributed by atoms with van der Waals surface area (Å²) in [5.41, 5.74) is 1.35. The fourth-order valence-electron chi connectivity index (χ4n) is 2.00. The van der Waals surface area contributed by atoms with Crippen LogP contribution in [-0.2, 0) is 15.4 Å². The van der Waals surface area contributed by atoms with Gasteiger partial charge in [-0.05, 0) is 25.5 Å². The number of alkyl halides is 1. The molecule has 0 heterocycles. The minimum absolute atomic E-state index is 0.254. The Labute approximate surface area is 125 Å². The number of hydrogen-bond acceptors (Lipinski definition) is 3. The van der Waals surface area contributed by atoms with Gasteiger partial charge in [0.2, 0.25) is 0 Å². The topological polar surface area (TPSA) is 21.7 Å². The highest BCUT2D eigenvalue weighted by atomic mass is 35.5. The van der Waals surface area contributed by atoms with Crippen molar-refractivity contribution in [2.24, 2.45) is 0 Å². The van der Waals surface area contributed by atoms with Crippen LogP contribution in [0.4, 0.5) is 10.1 Å². The van der Waals surface area contributed by atoms with Gasteiger partial charge in [-0.2, -0.15) is 0 Å². The van der Waals surface area contributed by atoms with E-state index < -0.39 is 0 Å². The summed E-state index contributed by atoms with van der Waals surface area (Å²) in [7, 11) is 0. The molecule has 0 spiro atoms. The summed E-state index contributed by atoms with van der Waals surface area (Å²) in [5.74, 6) is 0.0310. The first-order valence-electron chi connectivity index (χ1n) is 6.98. The molecule has 0 saturated heterocycles. The highest BCUT2D eigenvalue weighted by molar-refractivity contribution is 6.17. The van der Waals surface area contributed by atoms with Crippen LogP contribution in [0.5, 0.6) is 0 Å². The number of benzene rings is 1. The van der Waals surface area contributed by atoms with E-state index in [1.54, 1.807) is 6.07 Å². The van der Waals surface area contributed by atoms with Gasteiger partial charge in [0.05, 0.1) is 18.9 Å². The molecule has 0 fully saturated rings. The Hall–Kier alpha value is -0.840. The average Bonchev–Trinajstić information content (AvgIpc) is 2.46. The SMILES string of the molecule is CCOCCN(CCOCC)c1c(F)cccc1CCl. The molecule has 1 rings (SSSR count). The Morgan fingerprint density at radius 3 is 2.20 bits per heavy atom. The van der Waals surface area contributed by atoms with Gasteiger partial charge < -0.3 is 14.4 Å². The van der Waals surface area contributed by atoms with E-state index in [-0.39, 0.29) is 11.7 Å². The number of hydrogen-bond donors (Lipinski definition) is 0. The summed E-state index contributed by atoms with van der Waals surface area (Å²) in [4.78, 5) is 1.94. The third-order valence-electron chi connectivity index (χ3n) is 2.95. The number of halogens is 2. The van der Waals surface area contributed by atoms with E-state index in [1.807, 2.05) is 24.8 Å². The molecule has 0 aliphatic carbocycles. The molecule has 0 aliphatic heterocycles. The average molecular weight is 304 g/mol. The van der Waals surface area contributed by atoms with Crippen LogP contribution in [0.25, 0.3) is 0 Å². The van der Waals surface area contributed by atoms with E-state index >= 15 is 0 Å². The monoisotopic (exact) mass is 303 g/mol. The second kappa shape index (κ2) is 9.97. The molecule has 1 aromatic carbocycles. The van der Waals surface area contributed by atoms with Crippen molar-refractivity contribution in [1.82, 2.24) is 0 Å². The van der Waals surface area contributed by atoms with Crippen LogP contribution in [0, 0.1) is 5.82 Å². The van der Waals surface area contributed by atoms with Crippen molar-refractivity contribution in [3.63, 3.8) is 0 Å². The zero-order chi connectivity index (χ0) is 14.8. The van der Waals surface area contributed by atoms with Crippen LogP contribution in [0.2, 0.25) is 0 Å². The first kappa shape index (κ1) is 17.2. The predicted molar refractivity (Wildman–Crippen MR) is 81.2 cm³/mol. The van der Waals surface area contributed by atoms with Gasteiger partial charge >= 0.3 is 0 Å². The molecule has 0 saturated carbocycles. The first-order chi connectivity index (χ1) is 9.74. The van der Waals surface area contributed by atoms with Gasteiger partial charge in [0.15, 0.2) is 0 Å². The summed E-state index contributed by atoms with van der Waals surface area (Å²) >= 11 is 5.91. The summed E-state index contributed by atoms with van der Waals surface area (Å²) in [5, 5.41) is 0. The van der Waals surface area contributed by atoms with E-state index in [0.717, 1.165) is 5.56 Å². The highest BCUT2D eigenvalue weighted by Gasteiger charge is 2.15. The van der Waals surface area contributed by atoms with Gasteiger partial charge in [-0.3, -0.25) is 0 Å². The molecule has 0 aliphatic rings. The number of nitrogens with zero attached hydrogens (tertiary/aromatic N) is 1. The van der Waals surface area contributed by atoms with E-state index in [1.165, 1.54) is 6.07 Å². The molecule has 0 aromatic heterocycles. The van der Waals surface area contributed by atoms with E-state index in [2.05, 4.69) is 0 Å². The van der Waals surface area contributed by atoms with Crippen LogP contribution in [0.3, 0.4) is 0 Å². The molecule has 0 amide bonds. The maximum Gasteiger partial charge on any atom is 0.146 e. The molecular formula is C15H23ClFNO2. The molecule has 5 heteroatoms. The van der Waals surface area contributed by atoms with Crippen LogP contribution < -0.4 is 4.90 Å². The van der Waals surface area contributed by atoms with Gasteiger partial charge in [-0.1, -0.05) is 12.1 Å². The number of rotatable bonds is 10. The Morgan fingerprint density at radius 1 is 1.10 bits per heavy atom. The van der Waals surface area contributed by atoms with Crippen molar-refractivity contribution < 1.29 is 13.9 Å². The molecule has 0 bridgehead atoms. The minimum atomic E-state index is -0.254. The van der Waals surface area contributed by atoms with Crippen molar-refractivity contribution in [1.29, 1.82) is 0 Å². The molecule has 3 nitrogen and oxygen atoms in total. The quantitative estimate of drug-likeness (QED) is 0.488.